The minimum Gasteiger partial charge on any atom is -0.489 e. The van der Waals surface area contributed by atoms with Crippen LogP contribution in [0.4, 0.5) is 31.1 Å². The van der Waals surface area contributed by atoms with Crippen LogP contribution in [0.3, 0.4) is 0 Å². The second kappa shape index (κ2) is 10.6. The molecule has 2 aromatic carbocycles. The van der Waals surface area contributed by atoms with Gasteiger partial charge in [0.1, 0.15) is 18.5 Å². The molecule has 2 aromatic rings. The zero-order valence-corrected chi connectivity index (χ0v) is 19.7. The molecule has 0 unspecified atom stereocenters. The molecule has 1 saturated heterocycles. The quantitative estimate of drug-likeness (QED) is 0.387. The number of hydrogen-bond acceptors (Lipinski definition) is 4. The van der Waals surface area contributed by atoms with Crippen molar-refractivity contribution in [3.63, 3.8) is 0 Å². The molecule has 1 aliphatic heterocycles. The number of hydrogen-bond donors (Lipinski definition) is 1. The maximum absolute atomic E-state index is 13.4. The first-order chi connectivity index (χ1) is 16.8. The topological polar surface area (TPSA) is 90.5 Å². The van der Waals surface area contributed by atoms with Crippen LogP contribution in [-0.2, 0) is 30.1 Å². The number of benzene rings is 2. The first-order valence-corrected chi connectivity index (χ1v) is 11.1. The molecule has 1 fully saturated rings. The molecule has 3 N–H and O–H groups in total. The number of aryl methyl sites for hydroxylation is 1. The van der Waals surface area contributed by atoms with Crippen molar-refractivity contribution in [1.29, 1.82) is 0 Å². The van der Waals surface area contributed by atoms with Crippen LogP contribution < -0.4 is 4.74 Å². The van der Waals surface area contributed by atoms with E-state index in [0.717, 1.165) is 29.2 Å². The Morgan fingerprint density at radius 1 is 1.03 bits per heavy atom. The number of carbonyl (C=O) groups is 1. The van der Waals surface area contributed by atoms with Gasteiger partial charge in [0.2, 0.25) is 0 Å². The van der Waals surface area contributed by atoms with Gasteiger partial charge in [-0.3, -0.25) is 4.90 Å². The maximum Gasteiger partial charge on any atom is 0.506 e. The minimum absolute atomic E-state index is 0. The van der Waals surface area contributed by atoms with E-state index in [1.165, 1.54) is 5.57 Å². The van der Waals surface area contributed by atoms with Gasteiger partial charge in [-0.1, -0.05) is 17.7 Å². The standard InChI is InChI=1S/C25H23F6NO4.H2O/c1-14-16(10-32-11-20(12-32)36-23(33)34)3-2-15-8-19(6-7-21(14)15)35-13-17-4-5-18(24(26,27)28)9-22(17)25(29,30)31;/h4-9,20H,2-3,10-13H2,1H3,(H,33,34);1H2. The third kappa shape index (κ3) is 6.55. The van der Waals surface area contributed by atoms with Crippen molar-refractivity contribution in [3.8, 4) is 5.75 Å². The fourth-order valence-corrected chi connectivity index (χ4v) is 4.54. The number of ether oxygens (including phenoxy) is 2. The lowest BCUT2D eigenvalue weighted by atomic mass is 9.85. The molecular formula is C25H25F6NO5. The van der Waals surface area contributed by atoms with Crippen LogP contribution in [0, 0.1) is 0 Å². The van der Waals surface area contributed by atoms with Crippen molar-refractivity contribution >= 4 is 11.7 Å². The van der Waals surface area contributed by atoms with Crippen LogP contribution in [0.15, 0.2) is 42.0 Å². The molecule has 1 heterocycles. The number of alkyl halides is 6. The second-order valence-electron chi connectivity index (χ2n) is 8.90. The van der Waals surface area contributed by atoms with Crippen LogP contribution >= 0.6 is 0 Å². The molecular weight excluding hydrogens is 508 g/mol. The average Bonchev–Trinajstić information content (AvgIpc) is 2.76. The number of halogens is 6. The molecule has 12 heteroatoms. The number of allylic oxidation sites excluding steroid dienone is 1. The molecule has 0 amide bonds. The van der Waals surface area contributed by atoms with E-state index >= 15 is 0 Å². The Morgan fingerprint density at radius 2 is 1.73 bits per heavy atom. The highest BCUT2D eigenvalue weighted by Crippen LogP contribution is 2.38. The molecule has 6 nitrogen and oxygen atoms in total. The molecule has 4 rings (SSSR count). The summed E-state index contributed by atoms with van der Waals surface area (Å²) in [5.74, 6) is 0.328. The number of likely N-dealkylation sites (tertiary alicyclic amines) is 1. The highest BCUT2D eigenvalue weighted by atomic mass is 19.4. The van der Waals surface area contributed by atoms with E-state index in [4.69, 9.17) is 14.6 Å². The van der Waals surface area contributed by atoms with Gasteiger partial charge in [-0.2, -0.15) is 26.3 Å². The van der Waals surface area contributed by atoms with Gasteiger partial charge >= 0.3 is 18.5 Å². The van der Waals surface area contributed by atoms with Crippen LogP contribution in [0.25, 0.3) is 5.57 Å². The number of fused-ring (bicyclic) bond motifs is 1. The van der Waals surface area contributed by atoms with Crippen molar-refractivity contribution in [2.75, 3.05) is 19.6 Å². The molecule has 0 aromatic heterocycles. The molecule has 202 valence electrons. The third-order valence-corrected chi connectivity index (χ3v) is 6.45. The zero-order chi connectivity index (χ0) is 26.3. The Bertz CT molecular complexity index is 1190. The Morgan fingerprint density at radius 3 is 2.35 bits per heavy atom. The van der Waals surface area contributed by atoms with E-state index < -0.39 is 36.2 Å². The van der Waals surface area contributed by atoms with E-state index in [1.807, 2.05) is 13.0 Å². The smallest absolute Gasteiger partial charge is 0.489 e. The molecule has 37 heavy (non-hydrogen) atoms. The largest absolute Gasteiger partial charge is 0.506 e. The Labute approximate surface area is 208 Å². The molecule has 2 aliphatic rings. The second-order valence-corrected chi connectivity index (χ2v) is 8.90. The maximum atomic E-state index is 13.4. The first-order valence-electron chi connectivity index (χ1n) is 11.1. The van der Waals surface area contributed by atoms with Gasteiger partial charge in [-0.25, -0.2) is 4.79 Å². The SMILES string of the molecule is CC1=C(CN2CC(OC(=O)O)C2)CCc2cc(OCc3ccc(C(F)(F)F)cc3C(F)(F)F)ccc21.O. The lowest BCUT2D eigenvalue weighted by Crippen LogP contribution is -2.53. The number of carboxylic acid groups (broad SMARTS) is 1. The number of rotatable bonds is 6. The fourth-order valence-electron chi connectivity index (χ4n) is 4.54. The molecule has 0 atom stereocenters. The minimum atomic E-state index is -4.95. The predicted octanol–water partition coefficient (Wildman–Crippen LogP) is 5.58. The van der Waals surface area contributed by atoms with E-state index in [9.17, 15) is 31.1 Å². The average molecular weight is 533 g/mol. The van der Waals surface area contributed by atoms with Gasteiger partial charge in [0.25, 0.3) is 0 Å². The first kappa shape index (κ1) is 28.3. The van der Waals surface area contributed by atoms with Crippen molar-refractivity contribution in [2.24, 2.45) is 0 Å². The lowest BCUT2D eigenvalue weighted by Gasteiger charge is -2.39. The fraction of sp³-hybridized carbons (Fsp3) is 0.400. The molecule has 0 radical (unpaired) electrons. The van der Waals surface area contributed by atoms with Crippen LogP contribution in [0.5, 0.6) is 5.75 Å². The van der Waals surface area contributed by atoms with Crippen LogP contribution in [0.2, 0.25) is 0 Å². The van der Waals surface area contributed by atoms with Crippen molar-refractivity contribution in [3.05, 3.63) is 69.8 Å². The summed E-state index contributed by atoms with van der Waals surface area (Å²) in [5, 5.41) is 8.67. The van der Waals surface area contributed by atoms with E-state index in [0.29, 0.717) is 37.9 Å². The third-order valence-electron chi connectivity index (χ3n) is 6.45. The number of nitrogens with zero attached hydrogens (tertiary/aromatic N) is 1. The van der Waals surface area contributed by atoms with Gasteiger partial charge in [0.05, 0.1) is 11.1 Å². The summed E-state index contributed by atoms with van der Waals surface area (Å²) in [6.45, 7) is 3.22. The highest BCUT2D eigenvalue weighted by Gasteiger charge is 2.38. The normalized spacial score (nSPS) is 16.5. The van der Waals surface area contributed by atoms with Gasteiger partial charge in [-0.05, 0) is 60.7 Å². The summed E-state index contributed by atoms with van der Waals surface area (Å²) in [6.07, 6.45) is -9.98. The van der Waals surface area contributed by atoms with E-state index in [2.05, 4.69) is 4.90 Å². The van der Waals surface area contributed by atoms with Gasteiger partial charge in [-0.15, -0.1) is 0 Å². The molecule has 0 saturated carbocycles. The zero-order valence-electron chi connectivity index (χ0n) is 19.7. The Kier molecular flexibility index (Phi) is 8.13. The van der Waals surface area contributed by atoms with Gasteiger partial charge in [0.15, 0.2) is 0 Å². The Balaban J connectivity index is 0.00000380. The van der Waals surface area contributed by atoms with Gasteiger partial charge < -0.3 is 20.1 Å². The molecule has 1 aliphatic carbocycles. The van der Waals surface area contributed by atoms with Crippen LogP contribution in [0.1, 0.15) is 41.2 Å². The molecule has 0 bridgehead atoms. The van der Waals surface area contributed by atoms with Crippen molar-refractivity contribution in [1.82, 2.24) is 4.90 Å². The summed E-state index contributed by atoms with van der Waals surface area (Å²) in [4.78, 5) is 12.7. The van der Waals surface area contributed by atoms with Crippen molar-refractivity contribution < 1.29 is 51.2 Å². The van der Waals surface area contributed by atoms with Crippen LogP contribution in [-0.4, -0.2) is 47.4 Å². The summed E-state index contributed by atoms with van der Waals surface area (Å²) >= 11 is 0. The van der Waals surface area contributed by atoms with E-state index in [-0.39, 0.29) is 23.2 Å². The van der Waals surface area contributed by atoms with Gasteiger partial charge in [0, 0.05) is 25.2 Å². The summed E-state index contributed by atoms with van der Waals surface area (Å²) < 4.78 is 89.1. The summed E-state index contributed by atoms with van der Waals surface area (Å²) in [7, 11) is 0. The van der Waals surface area contributed by atoms with E-state index in [1.54, 1.807) is 12.1 Å². The summed E-state index contributed by atoms with van der Waals surface area (Å²) in [5.41, 5.74) is 1.12. The lowest BCUT2D eigenvalue weighted by molar-refractivity contribution is -0.143. The Hall–Kier alpha value is -3.25. The highest BCUT2D eigenvalue weighted by molar-refractivity contribution is 5.72. The van der Waals surface area contributed by atoms with Crippen molar-refractivity contribution in [2.45, 2.75) is 44.8 Å². The monoisotopic (exact) mass is 533 g/mol. The molecule has 0 spiro atoms. The predicted molar refractivity (Wildman–Crippen MR) is 121 cm³/mol. The summed E-state index contributed by atoms with van der Waals surface area (Å²) in [6, 6.07) is 6.71.